The summed E-state index contributed by atoms with van der Waals surface area (Å²) in [5, 5.41) is 9.79. The van der Waals surface area contributed by atoms with E-state index in [0.717, 1.165) is 22.3 Å². The lowest BCUT2D eigenvalue weighted by atomic mass is 10.1. The lowest BCUT2D eigenvalue weighted by Gasteiger charge is -2.19. The molecule has 4 aromatic rings. The number of aromatic hydroxyl groups is 1. The largest absolute Gasteiger partial charge is 0.502 e. The van der Waals surface area contributed by atoms with E-state index in [9.17, 15) is 14.3 Å². The Bertz CT molecular complexity index is 1280. The van der Waals surface area contributed by atoms with Gasteiger partial charge in [0.25, 0.3) is 0 Å². The SMILES string of the molecule is COc1cc(-c2cccn2[C@H](C)c2ccc3c(c2)n(C)c(=O)n3C)cc(F)c1O. The Labute approximate surface area is 167 Å². The van der Waals surface area contributed by atoms with Crippen LogP contribution in [0.3, 0.4) is 0 Å². The molecule has 2 aromatic carbocycles. The van der Waals surface area contributed by atoms with Crippen LogP contribution in [0.5, 0.6) is 11.5 Å². The van der Waals surface area contributed by atoms with Gasteiger partial charge in [-0.25, -0.2) is 9.18 Å². The van der Waals surface area contributed by atoms with Crippen LogP contribution in [0.15, 0.2) is 53.5 Å². The molecule has 0 radical (unpaired) electrons. The van der Waals surface area contributed by atoms with Gasteiger partial charge in [0.15, 0.2) is 17.3 Å². The van der Waals surface area contributed by atoms with Gasteiger partial charge in [0, 0.05) is 31.5 Å². The van der Waals surface area contributed by atoms with Crippen molar-refractivity contribution in [2.45, 2.75) is 13.0 Å². The highest BCUT2D eigenvalue weighted by atomic mass is 19.1. The van der Waals surface area contributed by atoms with Gasteiger partial charge in [0.1, 0.15) is 0 Å². The van der Waals surface area contributed by atoms with Crippen LogP contribution in [0.25, 0.3) is 22.3 Å². The van der Waals surface area contributed by atoms with E-state index in [1.165, 1.54) is 13.2 Å². The minimum atomic E-state index is -0.736. The third kappa shape index (κ3) is 2.90. The Morgan fingerprint density at radius 2 is 1.79 bits per heavy atom. The molecule has 0 spiro atoms. The van der Waals surface area contributed by atoms with Crippen LogP contribution in [0.4, 0.5) is 4.39 Å². The molecule has 0 fully saturated rings. The van der Waals surface area contributed by atoms with Crippen LogP contribution in [-0.2, 0) is 14.1 Å². The van der Waals surface area contributed by atoms with Crippen molar-refractivity contribution in [2.75, 3.05) is 7.11 Å². The van der Waals surface area contributed by atoms with Gasteiger partial charge in [-0.3, -0.25) is 9.13 Å². The third-order valence-electron chi connectivity index (χ3n) is 5.52. The maximum atomic E-state index is 14.2. The summed E-state index contributed by atoms with van der Waals surface area (Å²) >= 11 is 0. The first-order valence-corrected chi connectivity index (χ1v) is 9.22. The van der Waals surface area contributed by atoms with Crippen molar-refractivity contribution >= 4 is 11.0 Å². The minimum absolute atomic E-state index is 0.0671. The van der Waals surface area contributed by atoms with E-state index in [0.29, 0.717) is 5.56 Å². The summed E-state index contributed by atoms with van der Waals surface area (Å²) in [4.78, 5) is 12.2. The molecule has 0 aliphatic heterocycles. The molecular weight excluding hydrogens is 373 g/mol. The predicted octanol–water partition coefficient (Wildman–Crippen LogP) is 3.81. The molecule has 0 amide bonds. The van der Waals surface area contributed by atoms with E-state index in [4.69, 9.17) is 4.74 Å². The number of ether oxygens (including phenoxy) is 1. The van der Waals surface area contributed by atoms with E-state index < -0.39 is 11.6 Å². The molecule has 0 aliphatic rings. The first-order valence-electron chi connectivity index (χ1n) is 9.22. The number of aryl methyl sites for hydroxylation is 2. The number of hydrogen-bond acceptors (Lipinski definition) is 3. The van der Waals surface area contributed by atoms with Crippen molar-refractivity contribution in [2.24, 2.45) is 14.1 Å². The number of hydrogen-bond donors (Lipinski definition) is 1. The first-order chi connectivity index (χ1) is 13.8. The van der Waals surface area contributed by atoms with Crippen LogP contribution in [-0.4, -0.2) is 25.9 Å². The van der Waals surface area contributed by atoms with Gasteiger partial charge >= 0.3 is 5.69 Å². The highest BCUT2D eigenvalue weighted by molar-refractivity contribution is 5.77. The average molecular weight is 395 g/mol. The number of phenolic OH excluding ortho intramolecular Hbond substituents is 1. The van der Waals surface area contributed by atoms with Crippen LogP contribution < -0.4 is 10.4 Å². The Kier molecular flexibility index (Phi) is 4.45. The summed E-state index contributed by atoms with van der Waals surface area (Å²) in [5.74, 6) is -1.15. The van der Waals surface area contributed by atoms with Gasteiger partial charge in [-0.05, 0) is 48.9 Å². The Morgan fingerprint density at radius 1 is 1.07 bits per heavy atom. The van der Waals surface area contributed by atoms with Gasteiger partial charge in [-0.2, -0.15) is 0 Å². The average Bonchev–Trinajstić information content (AvgIpc) is 3.29. The second kappa shape index (κ2) is 6.84. The molecule has 0 bridgehead atoms. The Morgan fingerprint density at radius 3 is 2.52 bits per heavy atom. The van der Waals surface area contributed by atoms with E-state index >= 15 is 0 Å². The normalized spacial score (nSPS) is 12.4. The molecule has 1 N–H and O–H groups in total. The van der Waals surface area contributed by atoms with Gasteiger partial charge in [-0.1, -0.05) is 6.07 Å². The molecule has 7 heteroatoms. The summed E-state index contributed by atoms with van der Waals surface area (Å²) < 4.78 is 24.5. The molecule has 150 valence electrons. The van der Waals surface area contributed by atoms with E-state index in [-0.39, 0.29) is 17.5 Å². The topological polar surface area (TPSA) is 61.3 Å². The lowest BCUT2D eigenvalue weighted by Crippen LogP contribution is -2.19. The monoisotopic (exact) mass is 395 g/mol. The number of halogens is 1. The van der Waals surface area contributed by atoms with Crippen molar-refractivity contribution in [3.63, 3.8) is 0 Å². The molecular formula is C22H22FN3O3. The third-order valence-corrected chi connectivity index (χ3v) is 5.52. The van der Waals surface area contributed by atoms with Crippen LogP contribution in [0.1, 0.15) is 18.5 Å². The molecule has 0 aliphatic carbocycles. The summed E-state index contributed by atoms with van der Waals surface area (Å²) in [6, 6.07) is 12.6. The summed E-state index contributed by atoms with van der Waals surface area (Å²) in [5.41, 5.74) is 4.05. The second-order valence-electron chi connectivity index (χ2n) is 7.13. The second-order valence-corrected chi connectivity index (χ2v) is 7.13. The van der Waals surface area contributed by atoms with Gasteiger partial charge in [0.05, 0.1) is 24.2 Å². The van der Waals surface area contributed by atoms with Crippen LogP contribution >= 0.6 is 0 Å². The zero-order chi connectivity index (χ0) is 20.9. The number of phenols is 1. The number of nitrogens with zero attached hydrogens (tertiary/aromatic N) is 3. The van der Waals surface area contributed by atoms with Gasteiger partial charge in [-0.15, -0.1) is 0 Å². The fourth-order valence-corrected chi connectivity index (χ4v) is 3.80. The molecule has 29 heavy (non-hydrogen) atoms. The zero-order valence-electron chi connectivity index (χ0n) is 16.7. The fraction of sp³-hybridized carbons (Fsp3) is 0.227. The fourth-order valence-electron chi connectivity index (χ4n) is 3.80. The van der Waals surface area contributed by atoms with Crippen molar-refractivity contribution in [3.8, 4) is 22.8 Å². The Hall–Kier alpha value is -3.48. The standard InChI is InChI=1S/C22H22FN3O3/c1-13(14-7-8-18-19(11-14)25(3)22(28)24(18)2)26-9-5-6-17(26)15-10-16(23)21(27)20(12-15)29-4/h5-13,27H,1-4H3/t13-/m1/s1. The van der Waals surface area contributed by atoms with Crippen LogP contribution in [0, 0.1) is 5.82 Å². The van der Waals surface area contributed by atoms with E-state index in [1.54, 1.807) is 29.3 Å². The Balaban J connectivity index is 1.81. The number of aromatic nitrogens is 3. The molecule has 0 unspecified atom stereocenters. The molecule has 4 rings (SSSR count). The lowest BCUT2D eigenvalue weighted by molar-refractivity contribution is 0.357. The molecule has 0 saturated carbocycles. The molecule has 6 nitrogen and oxygen atoms in total. The maximum Gasteiger partial charge on any atom is 0.328 e. The zero-order valence-corrected chi connectivity index (χ0v) is 16.7. The summed E-state index contributed by atoms with van der Waals surface area (Å²) in [7, 11) is 4.90. The van der Waals surface area contributed by atoms with E-state index in [2.05, 4.69) is 0 Å². The van der Waals surface area contributed by atoms with E-state index in [1.807, 2.05) is 48.0 Å². The number of rotatable bonds is 4. The van der Waals surface area contributed by atoms with Crippen molar-refractivity contribution in [1.82, 2.24) is 13.7 Å². The summed E-state index contributed by atoms with van der Waals surface area (Å²) in [6.07, 6.45) is 1.92. The molecule has 0 saturated heterocycles. The summed E-state index contributed by atoms with van der Waals surface area (Å²) in [6.45, 7) is 2.04. The molecule has 2 heterocycles. The highest BCUT2D eigenvalue weighted by Gasteiger charge is 2.18. The van der Waals surface area contributed by atoms with Gasteiger partial charge < -0.3 is 14.4 Å². The number of imidazole rings is 1. The number of methoxy groups -OCH3 is 1. The van der Waals surface area contributed by atoms with Crippen LogP contribution in [0.2, 0.25) is 0 Å². The first kappa shape index (κ1) is 18.9. The smallest absolute Gasteiger partial charge is 0.328 e. The molecule has 1 atom stereocenters. The molecule has 2 aromatic heterocycles. The maximum absolute atomic E-state index is 14.2. The quantitative estimate of drug-likeness (QED) is 0.572. The number of fused-ring (bicyclic) bond motifs is 1. The highest BCUT2D eigenvalue weighted by Crippen LogP contribution is 2.36. The van der Waals surface area contributed by atoms with Crippen molar-refractivity contribution < 1.29 is 14.2 Å². The minimum Gasteiger partial charge on any atom is -0.502 e. The number of benzene rings is 2. The van der Waals surface area contributed by atoms with Gasteiger partial charge in [0.2, 0.25) is 0 Å². The predicted molar refractivity (Wildman–Crippen MR) is 110 cm³/mol. The van der Waals surface area contributed by atoms with Crippen molar-refractivity contribution in [3.05, 3.63) is 70.5 Å². The van der Waals surface area contributed by atoms with Crippen molar-refractivity contribution in [1.29, 1.82) is 0 Å².